The molecule has 1 saturated carbocycles. The van der Waals surface area contributed by atoms with Crippen LogP contribution >= 0.6 is 35.6 Å². The predicted octanol–water partition coefficient (Wildman–Crippen LogP) is 3.44. The Morgan fingerprint density at radius 2 is 2.04 bits per heavy atom. The van der Waals surface area contributed by atoms with Crippen LogP contribution in [0.5, 0.6) is 0 Å². The lowest BCUT2D eigenvalue weighted by Crippen LogP contribution is -2.67. The van der Waals surface area contributed by atoms with Gasteiger partial charge in [0, 0.05) is 42.6 Å². The number of hydrogen-bond donors (Lipinski definition) is 2. The zero-order chi connectivity index (χ0) is 15.7. The van der Waals surface area contributed by atoms with E-state index >= 15 is 0 Å². The number of rotatable bonds is 3. The lowest BCUT2D eigenvalue weighted by Gasteiger charge is -2.54. The zero-order valence-electron chi connectivity index (χ0n) is 13.8. The summed E-state index contributed by atoms with van der Waals surface area (Å²) in [6, 6.07) is 8.28. The minimum atomic E-state index is 0. The summed E-state index contributed by atoms with van der Waals surface area (Å²) >= 11 is 5.91. The largest absolute Gasteiger partial charge is 0.377 e. The summed E-state index contributed by atoms with van der Waals surface area (Å²) in [5.41, 5.74) is 1.33. The fourth-order valence-electron chi connectivity index (χ4n) is 3.75. The second-order valence-corrected chi connectivity index (χ2v) is 7.18. The molecule has 0 radical (unpaired) electrons. The quantitative estimate of drug-likeness (QED) is 0.422. The number of halogens is 2. The molecule has 2 aliphatic rings. The molecule has 0 aromatic heterocycles. The van der Waals surface area contributed by atoms with Crippen molar-refractivity contribution in [3.8, 4) is 0 Å². The van der Waals surface area contributed by atoms with Crippen molar-refractivity contribution in [2.24, 2.45) is 16.3 Å². The van der Waals surface area contributed by atoms with Crippen molar-refractivity contribution >= 4 is 41.5 Å². The smallest absolute Gasteiger partial charge is 0.191 e. The van der Waals surface area contributed by atoms with Gasteiger partial charge in [-0.1, -0.05) is 37.6 Å². The van der Waals surface area contributed by atoms with E-state index in [0.717, 1.165) is 30.6 Å². The topological polar surface area (TPSA) is 45.7 Å². The first-order chi connectivity index (χ1) is 10.5. The van der Waals surface area contributed by atoms with Gasteiger partial charge >= 0.3 is 0 Å². The minimum Gasteiger partial charge on any atom is -0.377 e. The maximum Gasteiger partial charge on any atom is 0.191 e. The second-order valence-electron chi connectivity index (χ2n) is 6.74. The molecule has 3 unspecified atom stereocenters. The molecule has 1 aliphatic heterocycles. The highest BCUT2D eigenvalue weighted by Gasteiger charge is 2.59. The minimum absolute atomic E-state index is 0. The van der Waals surface area contributed by atoms with Crippen molar-refractivity contribution in [3.05, 3.63) is 34.9 Å². The third-order valence-corrected chi connectivity index (χ3v) is 5.24. The van der Waals surface area contributed by atoms with Crippen LogP contribution < -0.4 is 10.6 Å². The van der Waals surface area contributed by atoms with Gasteiger partial charge in [0.15, 0.2) is 5.96 Å². The zero-order valence-corrected chi connectivity index (χ0v) is 16.9. The van der Waals surface area contributed by atoms with Gasteiger partial charge in [0.2, 0.25) is 0 Å². The third-order valence-electron chi connectivity index (χ3n) is 4.99. The summed E-state index contributed by atoms with van der Waals surface area (Å²) in [6.07, 6.45) is 1.53. The summed E-state index contributed by atoms with van der Waals surface area (Å²) in [4.78, 5) is 4.35. The molecular weight excluding hydrogens is 425 g/mol. The molecule has 23 heavy (non-hydrogen) atoms. The maximum absolute atomic E-state index is 5.91. The molecule has 2 N–H and O–H groups in total. The van der Waals surface area contributed by atoms with E-state index in [0.29, 0.717) is 18.1 Å². The first-order valence-corrected chi connectivity index (χ1v) is 8.23. The normalized spacial score (nSPS) is 28.3. The van der Waals surface area contributed by atoms with Gasteiger partial charge in [-0.3, -0.25) is 4.99 Å². The van der Waals surface area contributed by atoms with Crippen LogP contribution in [0.25, 0.3) is 0 Å². The number of hydrogen-bond acceptors (Lipinski definition) is 2. The molecule has 3 rings (SSSR count). The van der Waals surface area contributed by atoms with Crippen molar-refractivity contribution in [3.63, 3.8) is 0 Å². The van der Waals surface area contributed by atoms with Crippen LogP contribution in [0.15, 0.2) is 29.3 Å². The lowest BCUT2D eigenvalue weighted by molar-refractivity contribution is -0.106. The summed E-state index contributed by atoms with van der Waals surface area (Å²) in [5.74, 6) is 1.45. The number of ether oxygens (including phenoxy) is 1. The first kappa shape index (κ1) is 18.8. The van der Waals surface area contributed by atoms with Gasteiger partial charge in [-0.15, -0.1) is 24.0 Å². The highest BCUT2D eigenvalue weighted by Crippen LogP contribution is 2.52. The maximum atomic E-state index is 5.91. The van der Waals surface area contributed by atoms with Gasteiger partial charge in [0.25, 0.3) is 0 Å². The molecule has 1 aromatic rings. The summed E-state index contributed by atoms with van der Waals surface area (Å²) in [6.45, 7) is 6.15. The van der Waals surface area contributed by atoms with Crippen LogP contribution in [0, 0.1) is 11.3 Å². The van der Waals surface area contributed by atoms with E-state index in [1.165, 1.54) is 5.56 Å². The number of nitrogens with one attached hydrogen (secondary N) is 2. The third kappa shape index (κ3) is 3.77. The average Bonchev–Trinajstić information content (AvgIpc) is 2.96. The Balaban J connectivity index is 0.00000192. The molecule has 2 fully saturated rings. The van der Waals surface area contributed by atoms with Gasteiger partial charge in [-0.05, 0) is 24.1 Å². The van der Waals surface area contributed by atoms with Gasteiger partial charge in [-0.25, -0.2) is 0 Å². The number of benzene rings is 1. The molecule has 1 heterocycles. The highest BCUT2D eigenvalue weighted by molar-refractivity contribution is 14.0. The molecule has 6 heteroatoms. The molecule has 0 spiro atoms. The van der Waals surface area contributed by atoms with Crippen molar-refractivity contribution in [2.45, 2.75) is 39.0 Å². The second kappa shape index (κ2) is 7.57. The number of guanidine groups is 1. The molecule has 0 amide bonds. The van der Waals surface area contributed by atoms with E-state index in [2.05, 4.69) is 29.5 Å². The van der Waals surface area contributed by atoms with Crippen LogP contribution in [0.2, 0.25) is 5.02 Å². The van der Waals surface area contributed by atoms with Gasteiger partial charge in [0.1, 0.15) is 0 Å². The monoisotopic (exact) mass is 449 g/mol. The number of fused-ring (bicyclic) bond motifs is 1. The molecule has 1 saturated heterocycles. The fourth-order valence-corrected chi connectivity index (χ4v) is 3.87. The molecule has 0 bridgehead atoms. The fraction of sp³-hybridized carbons (Fsp3) is 0.588. The van der Waals surface area contributed by atoms with E-state index in [1.807, 2.05) is 31.3 Å². The van der Waals surface area contributed by atoms with Gasteiger partial charge in [-0.2, -0.15) is 0 Å². The van der Waals surface area contributed by atoms with Crippen LogP contribution in [0.1, 0.15) is 25.8 Å². The number of aliphatic imine (C=N–C) groups is 1. The molecule has 4 nitrogen and oxygen atoms in total. The van der Waals surface area contributed by atoms with Crippen LogP contribution in [-0.4, -0.2) is 31.8 Å². The van der Waals surface area contributed by atoms with Crippen LogP contribution in [-0.2, 0) is 11.3 Å². The Morgan fingerprint density at radius 1 is 1.35 bits per heavy atom. The van der Waals surface area contributed by atoms with Crippen LogP contribution in [0.4, 0.5) is 0 Å². The summed E-state index contributed by atoms with van der Waals surface area (Å²) in [5, 5.41) is 7.72. The summed E-state index contributed by atoms with van der Waals surface area (Å²) < 4.78 is 5.84. The first-order valence-electron chi connectivity index (χ1n) is 7.85. The van der Waals surface area contributed by atoms with Crippen molar-refractivity contribution in [1.29, 1.82) is 0 Å². The van der Waals surface area contributed by atoms with Crippen molar-refractivity contribution in [1.82, 2.24) is 10.6 Å². The van der Waals surface area contributed by atoms with E-state index in [9.17, 15) is 0 Å². The SMILES string of the molecule is CN=C(NCc1ccc(Cl)cc1)NC1C2CCOC2C1(C)C.I. The van der Waals surface area contributed by atoms with Gasteiger partial charge in [0.05, 0.1) is 6.10 Å². The van der Waals surface area contributed by atoms with E-state index in [1.54, 1.807) is 0 Å². The van der Waals surface area contributed by atoms with Crippen molar-refractivity contribution in [2.75, 3.05) is 13.7 Å². The summed E-state index contributed by atoms with van der Waals surface area (Å²) in [7, 11) is 1.81. The average molecular weight is 450 g/mol. The van der Waals surface area contributed by atoms with E-state index in [4.69, 9.17) is 16.3 Å². The standard InChI is InChI=1S/C17H24ClN3O.HI/c1-17(2)14(13-8-9-22-15(13)17)21-16(19-3)20-10-11-4-6-12(18)7-5-11;/h4-7,13-15H,8-10H2,1-3H3,(H2,19,20,21);1H. The Bertz CT molecular complexity index is 561. The van der Waals surface area contributed by atoms with Crippen LogP contribution in [0.3, 0.4) is 0 Å². The molecule has 128 valence electrons. The Morgan fingerprint density at radius 3 is 2.70 bits per heavy atom. The molecular formula is C17H25ClIN3O. The Hall–Kier alpha value is -0.530. The molecule has 1 aliphatic carbocycles. The Labute approximate surface area is 160 Å². The molecule has 1 aromatic carbocycles. The van der Waals surface area contributed by atoms with E-state index in [-0.39, 0.29) is 29.4 Å². The predicted molar refractivity (Wildman–Crippen MR) is 106 cm³/mol. The van der Waals surface area contributed by atoms with E-state index < -0.39 is 0 Å². The number of nitrogens with zero attached hydrogens (tertiary/aromatic N) is 1. The molecule has 3 atom stereocenters. The Kier molecular flexibility index (Phi) is 6.19. The highest BCUT2D eigenvalue weighted by atomic mass is 127. The van der Waals surface area contributed by atoms with Crippen molar-refractivity contribution < 1.29 is 4.74 Å². The van der Waals surface area contributed by atoms with Gasteiger partial charge < -0.3 is 15.4 Å². The lowest BCUT2D eigenvalue weighted by atomic mass is 9.57.